The van der Waals surface area contributed by atoms with Gasteiger partial charge in [0.1, 0.15) is 13.1 Å². The Morgan fingerprint density at radius 1 is 1.06 bits per heavy atom. The summed E-state index contributed by atoms with van der Waals surface area (Å²) in [5.41, 5.74) is 10.8. The predicted molar refractivity (Wildman–Crippen MR) is 63.9 cm³/mol. The Morgan fingerprint density at radius 3 is 1.88 bits per heavy atom. The first-order valence-corrected chi connectivity index (χ1v) is 4.59. The molecule has 0 fully saturated rings. The highest BCUT2D eigenvalue weighted by atomic mass is 16.5. The van der Waals surface area contributed by atoms with Crippen LogP contribution in [0.3, 0.4) is 0 Å². The van der Waals surface area contributed by atoms with Crippen molar-refractivity contribution in [1.82, 2.24) is 19.6 Å². The topological polar surface area (TPSA) is 114 Å². The standard InChI is InChI=1S/C9H14N6O/c1-3-5-15(16,6-4-2)9-13-7(10)12-8(11)14-9/h3-4H,1-2,5-6H2,(H4,10,11,12,13,14). The van der Waals surface area contributed by atoms with Crippen LogP contribution in [0.2, 0.25) is 0 Å². The van der Waals surface area contributed by atoms with Gasteiger partial charge in [-0.05, 0) is 12.2 Å². The molecule has 0 aromatic carbocycles. The molecule has 0 saturated heterocycles. The van der Waals surface area contributed by atoms with Crippen LogP contribution in [0, 0.1) is 5.21 Å². The number of nitrogens with two attached hydrogens (primary N) is 2. The van der Waals surface area contributed by atoms with Gasteiger partial charge in [0.2, 0.25) is 11.9 Å². The fourth-order valence-corrected chi connectivity index (χ4v) is 1.23. The second-order valence-electron chi connectivity index (χ2n) is 3.18. The molecule has 0 saturated carbocycles. The van der Waals surface area contributed by atoms with Crippen molar-refractivity contribution in [3.8, 4) is 0 Å². The van der Waals surface area contributed by atoms with Crippen LogP contribution in [0.1, 0.15) is 0 Å². The van der Waals surface area contributed by atoms with Crippen molar-refractivity contribution < 1.29 is 0 Å². The maximum Gasteiger partial charge on any atom is 0.336 e. The molecule has 16 heavy (non-hydrogen) atoms. The van der Waals surface area contributed by atoms with E-state index >= 15 is 0 Å². The molecule has 1 aromatic rings. The summed E-state index contributed by atoms with van der Waals surface area (Å²) in [7, 11) is 0. The Hall–Kier alpha value is -1.99. The van der Waals surface area contributed by atoms with Gasteiger partial charge in [0.25, 0.3) is 0 Å². The van der Waals surface area contributed by atoms with Gasteiger partial charge in [-0.3, -0.25) is 4.65 Å². The number of quaternary nitrogens is 1. The number of nitrogens with zero attached hydrogens (tertiary/aromatic N) is 4. The van der Waals surface area contributed by atoms with Crippen molar-refractivity contribution >= 4 is 17.8 Å². The molecule has 0 unspecified atom stereocenters. The van der Waals surface area contributed by atoms with Crippen LogP contribution >= 0.6 is 0 Å². The van der Waals surface area contributed by atoms with Crippen LogP contribution in [0.15, 0.2) is 25.3 Å². The van der Waals surface area contributed by atoms with Gasteiger partial charge in [0.15, 0.2) is 0 Å². The lowest BCUT2D eigenvalue weighted by atomic mass is 10.4. The molecule has 0 spiro atoms. The van der Waals surface area contributed by atoms with Crippen molar-refractivity contribution in [2.45, 2.75) is 0 Å². The van der Waals surface area contributed by atoms with E-state index in [1.165, 1.54) is 12.2 Å². The number of rotatable bonds is 5. The number of hydrogen-bond acceptors (Lipinski definition) is 6. The van der Waals surface area contributed by atoms with E-state index < -0.39 is 4.65 Å². The first-order chi connectivity index (χ1) is 7.51. The summed E-state index contributed by atoms with van der Waals surface area (Å²) in [6.45, 7) is 7.24. The molecule has 0 atom stereocenters. The molecule has 1 aromatic heterocycles. The van der Waals surface area contributed by atoms with Gasteiger partial charge >= 0.3 is 5.95 Å². The Labute approximate surface area is 93.3 Å². The summed E-state index contributed by atoms with van der Waals surface area (Å²) in [6, 6.07) is 0. The number of aromatic nitrogens is 3. The molecule has 1 heterocycles. The third-order valence-corrected chi connectivity index (χ3v) is 1.87. The summed E-state index contributed by atoms with van der Waals surface area (Å²) >= 11 is 0. The van der Waals surface area contributed by atoms with Crippen LogP contribution in [0.25, 0.3) is 0 Å². The quantitative estimate of drug-likeness (QED) is 0.418. The van der Waals surface area contributed by atoms with E-state index in [0.717, 1.165) is 0 Å². The molecular formula is C9H14N6O. The zero-order chi connectivity index (χ0) is 12.2. The van der Waals surface area contributed by atoms with E-state index in [4.69, 9.17) is 11.5 Å². The number of nitrogen functional groups attached to an aromatic ring is 2. The zero-order valence-corrected chi connectivity index (χ0v) is 8.83. The number of anilines is 2. The molecule has 0 amide bonds. The van der Waals surface area contributed by atoms with Crippen LogP contribution in [-0.2, 0) is 0 Å². The van der Waals surface area contributed by atoms with E-state index in [-0.39, 0.29) is 30.9 Å². The van der Waals surface area contributed by atoms with Gasteiger partial charge in [-0.2, -0.15) is 4.98 Å². The lowest BCUT2D eigenvalue weighted by molar-refractivity contribution is 0.426. The fourth-order valence-electron chi connectivity index (χ4n) is 1.23. The Morgan fingerprint density at radius 2 is 1.50 bits per heavy atom. The maximum atomic E-state index is 12.3. The highest BCUT2D eigenvalue weighted by Gasteiger charge is 2.22. The molecule has 1 rings (SSSR count). The summed E-state index contributed by atoms with van der Waals surface area (Å²) in [4.78, 5) is 11.2. The van der Waals surface area contributed by atoms with Crippen LogP contribution in [0.4, 0.5) is 17.8 Å². The van der Waals surface area contributed by atoms with Gasteiger partial charge in [0, 0.05) is 0 Å². The SMILES string of the molecule is C=CC[N+]([O-])(CC=C)c1nc(N)nc(N)n1. The minimum absolute atomic E-state index is 0.0372. The largest absolute Gasteiger partial charge is 0.625 e. The van der Waals surface area contributed by atoms with Crippen molar-refractivity contribution in [3.05, 3.63) is 30.5 Å². The monoisotopic (exact) mass is 222 g/mol. The van der Waals surface area contributed by atoms with E-state index in [1.54, 1.807) is 0 Å². The minimum Gasteiger partial charge on any atom is -0.625 e. The Balaban J connectivity index is 3.18. The molecule has 0 aliphatic rings. The zero-order valence-electron chi connectivity index (χ0n) is 8.83. The molecular weight excluding hydrogens is 208 g/mol. The smallest absolute Gasteiger partial charge is 0.336 e. The minimum atomic E-state index is -0.829. The summed E-state index contributed by atoms with van der Waals surface area (Å²) in [5.74, 6) is -0.187. The second kappa shape index (κ2) is 4.69. The predicted octanol–water partition coefficient (Wildman–Crippen LogP) is 0.213. The molecule has 0 aliphatic heterocycles. The van der Waals surface area contributed by atoms with Gasteiger partial charge in [-0.1, -0.05) is 13.2 Å². The summed E-state index contributed by atoms with van der Waals surface area (Å²) in [6.07, 6.45) is 2.96. The summed E-state index contributed by atoms with van der Waals surface area (Å²) in [5, 5.41) is 12.3. The van der Waals surface area contributed by atoms with E-state index in [9.17, 15) is 5.21 Å². The van der Waals surface area contributed by atoms with Crippen molar-refractivity contribution in [2.75, 3.05) is 24.6 Å². The molecule has 7 heteroatoms. The molecule has 7 nitrogen and oxygen atoms in total. The average molecular weight is 222 g/mol. The molecule has 86 valence electrons. The number of hydrogen-bond donors (Lipinski definition) is 2. The Bertz CT molecular complexity index is 375. The van der Waals surface area contributed by atoms with Crippen molar-refractivity contribution in [3.63, 3.8) is 0 Å². The molecule has 0 bridgehead atoms. The maximum absolute atomic E-state index is 12.3. The van der Waals surface area contributed by atoms with Gasteiger partial charge in [0.05, 0.1) is 0 Å². The number of hydroxylamine groups is 2. The second-order valence-corrected chi connectivity index (χ2v) is 3.18. The highest BCUT2D eigenvalue weighted by molar-refractivity contribution is 5.38. The first-order valence-electron chi connectivity index (χ1n) is 4.59. The molecule has 4 N–H and O–H groups in total. The lowest BCUT2D eigenvalue weighted by Crippen LogP contribution is -2.45. The van der Waals surface area contributed by atoms with E-state index in [2.05, 4.69) is 28.1 Å². The summed E-state index contributed by atoms with van der Waals surface area (Å²) < 4.78 is -0.829. The van der Waals surface area contributed by atoms with Gasteiger partial charge < -0.3 is 16.7 Å². The van der Waals surface area contributed by atoms with Crippen LogP contribution in [0.5, 0.6) is 0 Å². The van der Waals surface area contributed by atoms with Crippen molar-refractivity contribution in [2.24, 2.45) is 0 Å². The highest BCUT2D eigenvalue weighted by Crippen LogP contribution is 2.18. The normalized spacial score (nSPS) is 11.1. The molecule has 0 aliphatic carbocycles. The first kappa shape index (κ1) is 12.1. The lowest BCUT2D eigenvalue weighted by Gasteiger charge is -2.37. The average Bonchev–Trinajstić information content (AvgIpc) is 2.16. The van der Waals surface area contributed by atoms with Gasteiger partial charge in [-0.25, -0.2) is 0 Å². The Kier molecular flexibility index (Phi) is 3.54. The third kappa shape index (κ3) is 2.53. The van der Waals surface area contributed by atoms with Crippen LogP contribution in [-0.4, -0.2) is 28.0 Å². The van der Waals surface area contributed by atoms with Gasteiger partial charge in [-0.15, -0.1) is 9.97 Å². The van der Waals surface area contributed by atoms with Crippen molar-refractivity contribution in [1.29, 1.82) is 0 Å². The van der Waals surface area contributed by atoms with E-state index in [1.807, 2.05) is 0 Å². The molecule has 0 radical (unpaired) electrons. The van der Waals surface area contributed by atoms with Crippen LogP contribution < -0.4 is 16.1 Å². The third-order valence-electron chi connectivity index (χ3n) is 1.87. The fraction of sp³-hybridized carbons (Fsp3) is 0.222. The van der Waals surface area contributed by atoms with E-state index in [0.29, 0.717) is 0 Å².